The summed E-state index contributed by atoms with van der Waals surface area (Å²) in [5.74, 6) is -0.428. The van der Waals surface area contributed by atoms with E-state index in [0.717, 1.165) is 11.3 Å². The Morgan fingerprint density at radius 3 is 2.26 bits per heavy atom. The predicted molar refractivity (Wildman–Crippen MR) is 99.2 cm³/mol. The number of para-hydroxylation sites is 1. The van der Waals surface area contributed by atoms with E-state index in [1.165, 1.54) is 18.3 Å². The summed E-state index contributed by atoms with van der Waals surface area (Å²) in [6, 6.07) is 19.1. The van der Waals surface area contributed by atoms with Crippen LogP contribution in [0, 0.1) is 0 Å². The molecule has 7 nitrogen and oxygen atoms in total. The fourth-order valence-corrected chi connectivity index (χ4v) is 2.29. The number of hydrazine groups is 1. The van der Waals surface area contributed by atoms with Crippen LogP contribution in [0.4, 0.5) is 0 Å². The lowest BCUT2D eigenvalue weighted by Crippen LogP contribution is -2.43. The van der Waals surface area contributed by atoms with Gasteiger partial charge in [0.1, 0.15) is 17.9 Å². The standard InChI is InChI=1S/C20H17N3O4/c24-18(22-23-20(26)17-7-4-12-21-19(17)25)15-10-8-14(9-11-15)13-27-16-5-2-1-3-6-16/h1-12H,13H2,(H,21,25)(H,22,24)(H,23,26). The molecular weight excluding hydrogens is 346 g/mol. The van der Waals surface area contributed by atoms with Crippen molar-refractivity contribution in [1.82, 2.24) is 15.8 Å². The Balaban J connectivity index is 1.53. The molecule has 0 aliphatic heterocycles. The summed E-state index contributed by atoms with van der Waals surface area (Å²) in [5, 5.41) is 0. The first-order valence-electron chi connectivity index (χ1n) is 8.18. The molecule has 0 aliphatic rings. The molecule has 7 heteroatoms. The molecule has 0 saturated carbocycles. The van der Waals surface area contributed by atoms with Gasteiger partial charge in [0, 0.05) is 11.8 Å². The largest absolute Gasteiger partial charge is 0.489 e. The van der Waals surface area contributed by atoms with E-state index in [1.807, 2.05) is 30.3 Å². The van der Waals surface area contributed by atoms with Crippen LogP contribution in [0.3, 0.4) is 0 Å². The topological polar surface area (TPSA) is 100 Å². The zero-order valence-corrected chi connectivity index (χ0v) is 14.3. The van der Waals surface area contributed by atoms with Gasteiger partial charge in [-0.1, -0.05) is 30.3 Å². The first-order valence-corrected chi connectivity index (χ1v) is 8.18. The number of amides is 2. The van der Waals surface area contributed by atoms with Crippen LogP contribution in [0.1, 0.15) is 26.3 Å². The minimum Gasteiger partial charge on any atom is -0.489 e. The lowest BCUT2D eigenvalue weighted by atomic mass is 10.1. The van der Waals surface area contributed by atoms with Crippen molar-refractivity contribution < 1.29 is 14.3 Å². The van der Waals surface area contributed by atoms with Crippen LogP contribution < -0.4 is 21.1 Å². The highest BCUT2D eigenvalue weighted by atomic mass is 16.5. The van der Waals surface area contributed by atoms with Gasteiger partial charge >= 0.3 is 0 Å². The minimum absolute atomic E-state index is 0.0915. The third-order valence-electron chi connectivity index (χ3n) is 3.72. The van der Waals surface area contributed by atoms with Gasteiger partial charge in [0.05, 0.1) is 0 Å². The maximum atomic E-state index is 12.1. The van der Waals surface area contributed by atoms with Crippen LogP contribution in [0.25, 0.3) is 0 Å². The lowest BCUT2D eigenvalue weighted by molar-refractivity contribution is 0.0846. The molecule has 0 fully saturated rings. The summed E-state index contributed by atoms with van der Waals surface area (Å²) >= 11 is 0. The summed E-state index contributed by atoms with van der Waals surface area (Å²) in [7, 11) is 0. The van der Waals surface area contributed by atoms with E-state index in [9.17, 15) is 14.4 Å². The second-order valence-electron chi connectivity index (χ2n) is 5.62. The molecule has 2 amide bonds. The molecular formula is C20H17N3O4. The van der Waals surface area contributed by atoms with E-state index >= 15 is 0 Å². The Kier molecular flexibility index (Phi) is 5.64. The summed E-state index contributed by atoms with van der Waals surface area (Å²) < 4.78 is 5.64. The number of benzene rings is 2. The number of aromatic amines is 1. The summed E-state index contributed by atoms with van der Waals surface area (Å²) in [6.45, 7) is 0.374. The summed E-state index contributed by atoms with van der Waals surface area (Å²) in [6.07, 6.45) is 1.42. The van der Waals surface area contributed by atoms with Gasteiger partial charge < -0.3 is 9.72 Å². The number of hydrogen-bond donors (Lipinski definition) is 3. The van der Waals surface area contributed by atoms with Crippen LogP contribution in [0.15, 0.2) is 77.7 Å². The van der Waals surface area contributed by atoms with E-state index in [2.05, 4.69) is 15.8 Å². The van der Waals surface area contributed by atoms with Crippen molar-refractivity contribution in [2.45, 2.75) is 6.61 Å². The Morgan fingerprint density at radius 1 is 0.852 bits per heavy atom. The van der Waals surface area contributed by atoms with Gasteiger partial charge in [0.25, 0.3) is 17.4 Å². The van der Waals surface area contributed by atoms with Crippen LogP contribution in [-0.2, 0) is 6.61 Å². The molecule has 2 aromatic carbocycles. The number of pyridine rings is 1. The van der Waals surface area contributed by atoms with Gasteiger partial charge in [-0.15, -0.1) is 0 Å². The highest BCUT2D eigenvalue weighted by Gasteiger charge is 2.11. The number of H-pyrrole nitrogens is 1. The van der Waals surface area contributed by atoms with E-state index in [-0.39, 0.29) is 5.56 Å². The molecule has 3 aromatic rings. The van der Waals surface area contributed by atoms with Gasteiger partial charge in [-0.05, 0) is 42.0 Å². The zero-order valence-electron chi connectivity index (χ0n) is 14.3. The molecule has 27 heavy (non-hydrogen) atoms. The van der Waals surface area contributed by atoms with Crippen molar-refractivity contribution in [2.24, 2.45) is 0 Å². The van der Waals surface area contributed by atoms with Gasteiger partial charge in [-0.2, -0.15) is 0 Å². The summed E-state index contributed by atoms with van der Waals surface area (Å²) in [5.41, 5.74) is 5.13. The van der Waals surface area contributed by atoms with Crippen LogP contribution >= 0.6 is 0 Å². The van der Waals surface area contributed by atoms with Crippen LogP contribution in [0.2, 0.25) is 0 Å². The third kappa shape index (κ3) is 4.82. The van der Waals surface area contributed by atoms with Crippen molar-refractivity contribution in [2.75, 3.05) is 0 Å². The third-order valence-corrected chi connectivity index (χ3v) is 3.72. The van der Waals surface area contributed by atoms with Crippen molar-refractivity contribution >= 4 is 11.8 Å². The number of ether oxygens (including phenoxy) is 1. The molecule has 3 N–H and O–H groups in total. The minimum atomic E-state index is -0.696. The first-order chi connectivity index (χ1) is 13.1. The quantitative estimate of drug-likeness (QED) is 0.604. The molecule has 0 spiro atoms. The molecule has 1 aromatic heterocycles. The Hall–Kier alpha value is -3.87. The number of nitrogens with one attached hydrogen (secondary N) is 3. The number of carbonyl (C=O) groups is 2. The van der Waals surface area contributed by atoms with E-state index in [1.54, 1.807) is 24.3 Å². The van der Waals surface area contributed by atoms with Gasteiger partial charge in [0.15, 0.2) is 0 Å². The average molecular weight is 363 g/mol. The van der Waals surface area contributed by atoms with Crippen molar-refractivity contribution in [3.05, 3.63) is 100.0 Å². The number of aromatic nitrogens is 1. The smallest absolute Gasteiger partial charge is 0.275 e. The number of hydrogen-bond acceptors (Lipinski definition) is 4. The molecule has 0 bridgehead atoms. The lowest BCUT2D eigenvalue weighted by Gasteiger charge is -2.08. The molecule has 136 valence electrons. The predicted octanol–water partition coefficient (Wildman–Crippen LogP) is 2.03. The van der Waals surface area contributed by atoms with Crippen molar-refractivity contribution in [1.29, 1.82) is 0 Å². The Morgan fingerprint density at radius 2 is 1.56 bits per heavy atom. The zero-order chi connectivity index (χ0) is 19.1. The fraction of sp³-hybridized carbons (Fsp3) is 0.0500. The maximum Gasteiger partial charge on any atom is 0.275 e. The fourth-order valence-electron chi connectivity index (χ4n) is 2.29. The summed E-state index contributed by atoms with van der Waals surface area (Å²) in [4.78, 5) is 38.0. The highest BCUT2D eigenvalue weighted by molar-refractivity contribution is 5.98. The normalized spacial score (nSPS) is 10.1. The van der Waals surface area contributed by atoms with E-state index < -0.39 is 17.4 Å². The van der Waals surface area contributed by atoms with Gasteiger partial charge in [-0.3, -0.25) is 25.2 Å². The van der Waals surface area contributed by atoms with Crippen molar-refractivity contribution in [3.8, 4) is 5.75 Å². The number of carbonyl (C=O) groups excluding carboxylic acids is 2. The van der Waals surface area contributed by atoms with Crippen LogP contribution in [-0.4, -0.2) is 16.8 Å². The molecule has 0 radical (unpaired) electrons. The second kappa shape index (κ2) is 8.48. The molecule has 3 rings (SSSR count). The SMILES string of the molecule is O=C(NNC(=O)c1ccc[nH]c1=O)c1ccc(COc2ccccc2)cc1. The van der Waals surface area contributed by atoms with E-state index in [0.29, 0.717) is 12.2 Å². The monoisotopic (exact) mass is 363 g/mol. The van der Waals surface area contributed by atoms with Gasteiger partial charge in [-0.25, -0.2) is 0 Å². The Labute approximate surface area is 155 Å². The molecule has 0 saturated heterocycles. The molecule has 0 atom stereocenters. The molecule has 1 heterocycles. The van der Waals surface area contributed by atoms with Crippen LogP contribution in [0.5, 0.6) is 5.75 Å². The van der Waals surface area contributed by atoms with Gasteiger partial charge in [0.2, 0.25) is 0 Å². The average Bonchev–Trinajstić information content (AvgIpc) is 2.72. The number of rotatable bonds is 5. The van der Waals surface area contributed by atoms with E-state index in [4.69, 9.17) is 4.74 Å². The molecule has 0 unspecified atom stereocenters. The highest BCUT2D eigenvalue weighted by Crippen LogP contribution is 2.12. The Bertz CT molecular complexity index is 982. The van der Waals surface area contributed by atoms with Crippen molar-refractivity contribution in [3.63, 3.8) is 0 Å². The maximum absolute atomic E-state index is 12.1. The first kappa shape index (κ1) is 17.9. The molecule has 0 aliphatic carbocycles. The second-order valence-corrected chi connectivity index (χ2v) is 5.62.